The molecule has 1 aromatic carbocycles. The van der Waals surface area contributed by atoms with Crippen LogP contribution in [0, 0.1) is 0 Å². The predicted octanol–water partition coefficient (Wildman–Crippen LogP) is 1.55. The number of nitrogens with two attached hydrogens (primary N) is 1. The molecule has 1 aromatic rings. The molecule has 0 spiro atoms. The van der Waals surface area contributed by atoms with Crippen LogP contribution in [0.2, 0.25) is 0 Å². The molecular formula is C15H21N3O3. The Labute approximate surface area is 124 Å². The lowest BCUT2D eigenvalue weighted by molar-refractivity contribution is -0.122. The van der Waals surface area contributed by atoms with Crippen molar-refractivity contribution < 1.29 is 14.7 Å². The molecule has 2 atom stereocenters. The fourth-order valence-corrected chi connectivity index (χ4v) is 2.43. The van der Waals surface area contributed by atoms with Gasteiger partial charge in [-0.25, -0.2) is 0 Å². The highest BCUT2D eigenvalue weighted by Gasteiger charge is 2.21. The summed E-state index contributed by atoms with van der Waals surface area (Å²) in [5, 5.41) is 14.7. The first-order valence-corrected chi connectivity index (χ1v) is 7.14. The molecule has 0 aromatic heterocycles. The minimum atomic E-state index is -0.617. The Kier molecular flexibility index (Phi) is 5.57. The van der Waals surface area contributed by atoms with E-state index < -0.39 is 6.04 Å². The van der Waals surface area contributed by atoms with Gasteiger partial charge in [0.1, 0.15) is 6.04 Å². The number of carbonyl (C=O) groups excluding carboxylic acids is 1. The maximum absolute atomic E-state index is 12.0. The smallest absolute Gasteiger partial charge is 0.220 e. The fraction of sp³-hybridized carbons (Fsp3) is 0.467. The summed E-state index contributed by atoms with van der Waals surface area (Å²) in [6.45, 7) is 0.781. The zero-order valence-electron chi connectivity index (χ0n) is 11.9. The molecule has 4 N–H and O–H groups in total. The number of hydrogen-bond donors (Lipinski definition) is 3. The van der Waals surface area contributed by atoms with E-state index in [1.807, 2.05) is 30.3 Å². The quantitative estimate of drug-likeness (QED) is 0.320. The van der Waals surface area contributed by atoms with E-state index in [1.165, 1.54) is 0 Å². The van der Waals surface area contributed by atoms with E-state index in [9.17, 15) is 4.79 Å². The van der Waals surface area contributed by atoms with Crippen LogP contribution in [0.3, 0.4) is 0 Å². The van der Waals surface area contributed by atoms with Crippen molar-refractivity contribution in [1.29, 1.82) is 0 Å². The van der Waals surface area contributed by atoms with Gasteiger partial charge in [-0.15, -0.1) is 0 Å². The number of carbonyl (C=O) groups is 1. The van der Waals surface area contributed by atoms with Crippen LogP contribution in [-0.4, -0.2) is 29.7 Å². The lowest BCUT2D eigenvalue weighted by atomic mass is 10.1. The van der Waals surface area contributed by atoms with Crippen LogP contribution in [0.1, 0.15) is 37.3 Å². The van der Waals surface area contributed by atoms with Crippen LogP contribution in [0.25, 0.3) is 0 Å². The molecule has 1 heterocycles. The third-order valence-electron chi connectivity index (χ3n) is 3.57. The Morgan fingerprint density at radius 3 is 2.86 bits per heavy atom. The summed E-state index contributed by atoms with van der Waals surface area (Å²) < 4.78 is 5.49. The average Bonchev–Trinajstić information content (AvgIpc) is 3.04. The zero-order valence-corrected chi connectivity index (χ0v) is 11.9. The summed E-state index contributed by atoms with van der Waals surface area (Å²) >= 11 is 0. The molecule has 1 aliphatic heterocycles. The third-order valence-corrected chi connectivity index (χ3v) is 3.57. The van der Waals surface area contributed by atoms with Gasteiger partial charge >= 0.3 is 0 Å². The van der Waals surface area contributed by atoms with E-state index >= 15 is 0 Å². The van der Waals surface area contributed by atoms with Crippen molar-refractivity contribution in [2.75, 3.05) is 6.61 Å². The number of hydrogen-bond acceptors (Lipinski definition) is 4. The van der Waals surface area contributed by atoms with Gasteiger partial charge in [0.2, 0.25) is 5.91 Å². The van der Waals surface area contributed by atoms with Crippen molar-refractivity contribution in [3.05, 3.63) is 35.9 Å². The maximum Gasteiger partial charge on any atom is 0.220 e. The molecule has 0 aliphatic carbocycles. The molecule has 2 rings (SSSR count). The number of nitrogens with one attached hydrogen (secondary N) is 1. The first kappa shape index (κ1) is 15.3. The van der Waals surface area contributed by atoms with Crippen molar-refractivity contribution in [3.63, 3.8) is 0 Å². The Balaban J connectivity index is 1.93. The summed E-state index contributed by atoms with van der Waals surface area (Å²) in [5.41, 5.74) is 6.45. The molecule has 2 unspecified atom stereocenters. The van der Waals surface area contributed by atoms with E-state index in [0.717, 1.165) is 25.0 Å². The molecule has 1 fully saturated rings. The molecule has 6 heteroatoms. The van der Waals surface area contributed by atoms with Crippen LogP contribution < -0.4 is 11.1 Å². The molecule has 1 saturated heterocycles. The third kappa shape index (κ3) is 4.46. The fourth-order valence-electron chi connectivity index (χ4n) is 2.43. The highest BCUT2D eigenvalue weighted by Crippen LogP contribution is 2.18. The first-order chi connectivity index (χ1) is 10.2. The number of benzene rings is 1. The standard InChI is InChI=1S/C15H21N3O3/c16-15(18-20)14(11-5-2-1-3-6-11)17-13(19)9-8-12-7-4-10-21-12/h1-3,5-6,12,14,20H,4,7-10H2,(H2,16,18)(H,17,19). The number of ether oxygens (including phenoxy) is 1. The molecule has 0 saturated carbocycles. The lowest BCUT2D eigenvalue weighted by Crippen LogP contribution is -2.37. The van der Waals surface area contributed by atoms with Gasteiger partial charge in [-0.2, -0.15) is 0 Å². The van der Waals surface area contributed by atoms with E-state index in [-0.39, 0.29) is 17.8 Å². The number of rotatable bonds is 6. The molecule has 1 amide bonds. The maximum atomic E-state index is 12.0. The van der Waals surface area contributed by atoms with Crippen LogP contribution in [0.4, 0.5) is 0 Å². The number of amides is 1. The SMILES string of the molecule is NC(=NO)C(NC(=O)CCC1CCCO1)c1ccccc1. The van der Waals surface area contributed by atoms with Crippen molar-refractivity contribution in [1.82, 2.24) is 5.32 Å². The average molecular weight is 291 g/mol. The number of oxime groups is 1. The van der Waals surface area contributed by atoms with E-state index in [0.29, 0.717) is 12.8 Å². The normalized spacial score (nSPS) is 20.2. The van der Waals surface area contributed by atoms with Gasteiger partial charge in [0.25, 0.3) is 0 Å². The van der Waals surface area contributed by atoms with Gasteiger partial charge in [-0.05, 0) is 24.8 Å². The van der Waals surface area contributed by atoms with Crippen molar-refractivity contribution in [2.24, 2.45) is 10.9 Å². The van der Waals surface area contributed by atoms with E-state index in [4.69, 9.17) is 15.7 Å². The van der Waals surface area contributed by atoms with Crippen LogP contribution >= 0.6 is 0 Å². The summed E-state index contributed by atoms with van der Waals surface area (Å²) in [7, 11) is 0. The van der Waals surface area contributed by atoms with E-state index in [1.54, 1.807) is 0 Å². The predicted molar refractivity (Wildman–Crippen MR) is 78.9 cm³/mol. The molecule has 114 valence electrons. The molecule has 21 heavy (non-hydrogen) atoms. The van der Waals surface area contributed by atoms with Gasteiger partial charge in [-0.3, -0.25) is 4.79 Å². The van der Waals surface area contributed by atoms with Crippen molar-refractivity contribution in [2.45, 2.75) is 37.8 Å². The topological polar surface area (TPSA) is 96.9 Å². The number of nitrogens with zero attached hydrogens (tertiary/aromatic N) is 1. The molecule has 0 bridgehead atoms. The molecule has 6 nitrogen and oxygen atoms in total. The highest BCUT2D eigenvalue weighted by molar-refractivity contribution is 5.90. The molecule has 1 aliphatic rings. The van der Waals surface area contributed by atoms with Gasteiger partial charge in [-0.1, -0.05) is 35.5 Å². The minimum absolute atomic E-state index is 0.0355. The van der Waals surface area contributed by atoms with Crippen molar-refractivity contribution in [3.8, 4) is 0 Å². The Morgan fingerprint density at radius 1 is 1.48 bits per heavy atom. The van der Waals surface area contributed by atoms with Crippen LogP contribution in [0.15, 0.2) is 35.5 Å². The molecule has 0 radical (unpaired) electrons. The number of amidine groups is 1. The lowest BCUT2D eigenvalue weighted by Gasteiger charge is -2.18. The largest absolute Gasteiger partial charge is 0.409 e. The van der Waals surface area contributed by atoms with Gasteiger partial charge in [0.05, 0.1) is 6.10 Å². The summed E-state index contributed by atoms with van der Waals surface area (Å²) in [6.07, 6.45) is 3.31. The second kappa shape index (κ2) is 7.64. The van der Waals surface area contributed by atoms with Gasteiger partial charge in [0, 0.05) is 13.0 Å². The first-order valence-electron chi connectivity index (χ1n) is 7.14. The van der Waals surface area contributed by atoms with Crippen LogP contribution in [-0.2, 0) is 9.53 Å². The Morgan fingerprint density at radius 2 is 2.24 bits per heavy atom. The monoisotopic (exact) mass is 291 g/mol. The minimum Gasteiger partial charge on any atom is -0.409 e. The second-order valence-corrected chi connectivity index (χ2v) is 5.11. The summed E-state index contributed by atoms with van der Waals surface area (Å²) in [5.74, 6) is -0.169. The van der Waals surface area contributed by atoms with Crippen molar-refractivity contribution >= 4 is 11.7 Å². The molecular weight excluding hydrogens is 270 g/mol. The van der Waals surface area contributed by atoms with E-state index in [2.05, 4.69) is 10.5 Å². The second-order valence-electron chi connectivity index (χ2n) is 5.11. The summed E-state index contributed by atoms with van der Waals surface area (Å²) in [4.78, 5) is 12.0. The Bertz CT molecular complexity index is 484. The van der Waals surface area contributed by atoms with Crippen LogP contribution in [0.5, 0.6) is 0 Å². The van der Waals surface area contributed by atoms with Gasteiger partial charge in [0.15, 0.2) is 5.84 Å². The highest BCUT2D eigenvalue weighted by atomic mass is 16.5. The summed E-state index contributed by atoms with van der Waals surface area (Å²) in [6, 6.07) is 8.57. The van der Waals surface area contributed by atoms with Gasteiger partial charge < -0.3 is 21.0 Å². The Hall–Kier alpha value is -2.08. The zero-order chi connectivity index (χ0) is 15.1.